The molecule has 0 bridgehead atoms. The summed E-state index contributed by atoms with van der Waals surface area (Å²) >= 11 is 0. The van der Waals surface area contributed by atoms with Gasteiger partial charge in [0.2, 0.25) is 5.91 Å². The van der Waals surface area contributed by atoms with Gasteiger partial charge in [-0.1, -0.05) is 32.9 Å². The summed E-state index contributed by atoms with van der Waals surface area (Å²) in [6, 6.07) is 6.17. The van der Waals surface area contributed by atoms with E-state index in [0.29, 0.717) is 25.5 Å². The van der Waals surface area contributed by atoms with Gasteiger partial charge in [0.1, 0.15) is 18.5 Å². The van der Waals surface area contributed by atoms with E-state index in [1.54, 1.807) is 21.7 Å². The molecule has 0 N–H and O–H groups in total. The normalized spacial score (nSPS) is 18.4. The van der Waals surface area contributed by atoms with E-state index in [-0.39, 0.29) is 29.8 Å². The lowest BCUT2D eigenvalue weighted by Crippen LogP contribution is -2.44. The van der Waals surface area contributed by atoms with E-state index < -0.39 is 0 Å². The van der Waals surface area contributed by atoms with Crippen LogP contribution in [0, 0.1) is 5.82 Å². The minimum atomic E-state index is -0.291. The third-order valence-electron chi connectivity index (χ3n) is 4.15. The Morgan fingerprint density at radius 1 is 1.32 bits per heavy atom. The third kappa shape index (κ3) is 4.01. The summed E-state index contributed by atoms with van der Waals surface area (Å²) in [6.45, 7) is 7.48. The zero-order valence-corrected chi connectivity index (χ0v) is 14.6. The van der Waals surface area contributed by atoms with Gasteiger partial charge in [-0.3, -0.25) is 4.79 Å². The molecule has 3 rings (SSSR count). The van der Waals surface area contributed by atoms with Crippen LogP contribution >= 0.6 is 0 Å². The van der Waals surface area contributed by atoms with Crippen LogP contribution in [0.15, 0.2) is 24.3 Å². The van der Waals surface area contributed by atoms with E-state index >= 15 is 0 Å². The van der Waals surface area contributed by atoms with Crippen LogP contribution in [0.4, 0.5) is 4.39 Å². The molecule has 1 amide bonds. The number of ether oxygens (including phenoxy) is 1. The molecular formula is C17H22FN5O2. The van der Waals surface area contributed by atoms with Crippen LogP contribution < -0.4 is 0 Å². The lowest BCUT2D eigenvalue weighted by Gasteiger charge is -2.33. The topological polar surface area (TPSA) is 73.1 Å². The van der Waals surface area contributed by atoms with Crippen molar-refractivity contribution in [1.82, 2.24) is 25.1 Å². The molecule has 7 nitrogen and oxygen atoms in total. The third-order valence-corrected chi connectivity index (χ3v) is 4.15. The number of halogens is 1. The number of morpholine rings is 1. The van der Waals surface area contributed by atoms with Gasteiger partial charge in [-0.25, -0.2) is 9.07 Å². The highest BCUT2D eigenvalue weighted by atomic mass is 19.1. The van der Waals surface area contributed by atoms with Crippen molar-refractivity contribution in [2.45, 2.75) is 38.8 Å². The largest absolute Gasteiger partial charge is 0.370 e. The van der Waals surface area contributed by atoms with E-state index in [1.165, 1.54) is 12.1 Å². The predicted octanol–water partition coefficient (Wildman–Crippen LogP) is 1.71. The Bertz CT molecular complexity index is 738. The molecular weight excluding hydrogens is 325 g/mol. The summed E-state index contributed by atoms with van der Waals surface area (Å²) in [6.07, 6.45) is -0.255. The average Bonchev–Trinajstić information content (AvgIpc) is 3.04. The Morgan fingerprint density at radius 3 is 2.72 bits per heavy atom. The van der Waals surface area contributed by atoms with Crippen molar-refractivity contribution in [1.29, 1.82) is 0 Å². The van der Waals surface area contributed by atoms with E-state index in [2.05, 4.69) is 15.5 Å². The summed E-state index contributed by atoms with van der Waals surface area (Å²) in [5, 5.41) is 11.7. The Labute approximate surface area is 145 Å². The van der Waals surface area contributed by atoms with Crippen molar-refractivity contribution in [3.05, 3.63) is 41.5 Å². The molecule has 0 radical (unpaired) electrons. The van der Waals surface area contributed by atoms with Gasteiger partial charge >= 0.3 is 0 Å². The van der Waals surface area contributed by atoms with Crippen molar-refractivity contribution >= 4 is 5.91 Å². The highest BCUT2D eigenvalue weighted by Crippen LogP contribution is 2.23. The molecule has 1 fully saturated rings. The first-order chi connectivity index (χ1) is 11.8. The number of hydrogen-bond acceptors (Lipinski definition) is 5. The molecule has 1 aromatic heterocycles. The van der Waals surface area contributed by atoms with Crippen LogP contribution in [0.25, 0.3) is 0 Å². The summed E-state index contributed by atoms with van der Waals surface area (Å²) < 4.78 is 20.4. The van der Waals surface area contributed by atoms with Gasteiger partial charge in [-0.05, 0) is 28.1 Å². The summed E-state index contributed by atoms with van der Waals surface area (Å²) in [5.74, 6) is 0.318. The lowest BCUT2D eigenvalue weighted by atomic mass is 9.96. The Kier molecular flexibility index (Phi) is 4.80. The molecule has 2 aromatic rings. The molecule has 1 aliphatic heterocycles. The number of nitrogens with zero attached hydrogens (tertiary/aromatic N) is 5. The molecule has 8 heteroatoms. The Hall–Kier alpha value is -2.35. The van der Waals surface area contributed by atoms with Crippen molar-refractivity contribution in [2.24, 2.45) is 0 Å². The molecule has 0 unspecified atom stereocenters. The monoisotopic (exact) mass is 347 g/mol. The van der Waals surface area contributed by atoms with Gasteiger partial charge < -0.3 is 9.64 Å². The predicted molar refractivity (Wildman–Crippen MR) is 88.2 cm³/mol. The van der Waals surface area contributed by atoms with Crippen molar-refractivity contribution in [2.75, 3.05) is 19.7 Å². The average molecular weight is 347 g/mol. The number of carbonyl (C=O) groups excluding carboxylic acids is 1. The first-order valence-electron chi connectivity index (χ1n) is 8.26. The maximum absolute atomic E-state index is 13.1. The van der Waals surface area contributed by atoms with Crippen LogP contribution in [-0.2, 0) is 21.5 Å². The van der Waals surface area contributed by atoms with Gasteiger partial charge in [0.05, 0.1) is 13.2 Å². The minimum Gasteiger partial charge on any atom is -0.370 e. The number of amides is 1. The standard InChI is InChI=1S/C17H22FN5O2/c1-17(2,3)16-19-20-21-23(16)11-15(24)22-8-9-25-14(10-22)12-4-6-13(18)7-5-12/h4-7,14H,8-11H2,1-3H3/t14-/m0/s1. The van der Waals surface area contributed by atoms with Crippen LogP contribution in [0.2, 0.25) is 0 Å². The summed E-state index contributed by atoms with van der Waals surface area (Å²) in [7, 11) is 0. The number of hydrogen-bond donors (Lipinski definition) is 0. The molecule has 0 spiro atoms. The van der Waals surface area contributed by atoms with Gasteiger partial charge in [0, 0.05) is 12.0 Å². The number of benzene rings is 1. The van der Waals surface area contributed by atoms with Gasteiger partial charge in [0.15, 0.2) is 5.82 Å². The molecule has 2 heterocycles. The van der Waals surface area contributed by atoms with E-state index in [4.69, 9.17) is 4.74 Å². The fourth-order valence-electron chi connectivity index (χ4n) is 2.83. The number of aromatic nitrogens is 4. The molecule has 1 saturated heterocycles. The van der Waals surface area contributed by atoms with E-state index in [0.717, 1.165) is 5.56 Å². The van der Waals surface area contributed by atoms with Crippen molar-refractivity contribution in [3.8, 4) is 0 Å². The van der Waals surface area contributed by atoms with Gasteiger partial charge in [-0.15, -0.1) is 5.10 Å². The molecule has 1 aliphatic rings. The van der Waals surface area contributed by atoms with Crippen LogP contribution in [0.5, 0.6) is 0 Å². The van der Waals surface area contributed by atoms with Crippen LogP contribution in [-0.4, -0.2) is 50.7 Å². The smallest absolute Gasteiger partial charge is 0.244 e. The van der Waals surface area contributed by atoms with Crippen LogP contribution in [0.1, 0.15) is 38.3 Å². The van der Waals surface area contributed by atoms with Gasteiger partial charge in [-0.2, -0.15) is 0 Å². The molecule has 25 heavy (non-hydrogen) atoms. The molecule has 1 atom stereocenters. The molecule has 0 saturated carbocycles. The highest BCUT2D eigenvalue weighted by Gasteiger charge is 2.28. The maximum Gasteiger partial charge on any atom is 0.244 e. The number of carbonyl (C=O) groups is 1. The zero-order valence-electron chi connectivity index (χ0n) is 14.6. The molecule has 1 aromatic carbocycles. The summed E-state index contributed by atoms with van der Waals surface area (Å²) in [5.41, 5.74) is 0.613. The number of tetrazole rings is 1. The second-order valence-corrected chi connectivity index (χ2v) is 7.16. The SMILES string of the molecule is CC(C)(C)c1nnnn1CC(=O)N1CCO[C@H](c2ccc(F)cc2)C1. The first-order valence-corrected chi connectivity index (χ1v) is 8.26. The second-order valence-electron chi connectivity index (χ2n) is 7.16. The summed E-state index contributed by atoms with van der Waals surface area (Å²) in [4.78, 5) is 14.4. The number of rotatable bonds is 3. The molecule has 0 aliphatic carbocycles. The quantitative estimate of drug-likeness (QED) is 0.845. The highest BCUT2D eigenvalue weighted by molar-refractivity contribution is 5.76. The van der Waals surface area contributed by atoms with E-state index in [1.807, 2.05) is 20.8 Å². The lowest BCUT2D eigenvalue weighted by molar-refractivity contribution is -0.140. The van der Waals surface area contributed by atoms with Gasteiger partial charge in [0.25, 0.3) is 0 Å². The fourth-order valence-corrected chi connectivity index (χ4v) is 2.83. The maximum atomic E-state index is 13.1. The fraction of sp³-hybridized carbons (Fsp3) is 0.529. The molecule has 134 valence electrons. The van der Waals surface area contributed by atoms with Crippen LogP contribution in [0.3, 0.4) is 0 Å². The first kappa shape index (κ1) is 17.5. The van der Waals surface area contributed by atoms with Crippen molar-refractivity contribution < 1.29 is 13.9 Å². The minimum absolute atomic E-state index is 0.0618. The zero-order chi connectivity index (χ0) is 18.0. The second kappa shape index (κ2) is 6.87. The van der Waals surface area contributed by atoms with E-state index in [9.17, 15) is 9.18 Å². The Balaban J connectivity index is 1.68. The van der Waals surface area contributed by atoms with Crippen molar-refractivity contribution in [3.63, 3.8) is 0 Å². The Morgan fingerprint density at radius 2 is 2.04 bits per heavy atom.